The van der Waals surface area contributed by atoms with Crippen molar-refractivity contribution in [2.75, 3.05) is 24.0 Å². The number of alkyl halides is 3. The van der Waals surface area contributed by atoms with Gasteiger partial charge in [-0.3, -0.25) is 5.41 Å². The van der Waals surface area contributed by atoms with Gasteiger partial charge in [0.1, 0.15) is 17.3 Å². The highest BCUT2D eigenvalue weighted by molar-refractivity contribution is 7.98. The maximum absolute atomic E-state index is 12.7. The molecule has 0 saturated carbocycles. The Morgan fingerprint density at radius 1 is 1.50 bits per heavy atom. The Kier molecular flexibility index (Phi) is 5.27. The number of nitrogens with two attached hydrogens (primary N) is 1. The largest absolute Gasteiger partial charge is 0.433 e. The summed E-state index contributed by atoms with van der Waals surface area (Å²) in [6.45, 7) is 1.88. The van der Waals surface area contributed by atoms with E-state index < -0.39 is 11.9 Å². The van der Waals surface area contributed by atoms with Crippen molar-refractivity contribution in [2.45, 2.75) is 19.1 Å². The third-order valence-electron chi connectivity index (χ3n) is 2.86. The van der Waals surface area contributed by atoms with Crippen molar-refractivity contribution in [3.8, 4) is 0 Å². The average molecular weight is 306 g/mol. The highest BCUT2D eigenvalue weighted by Crippen LogP contribution is 2.30. The monoisotopic (exact) mass is 306 g/mol. The first kappa shape index (κ1) is 16.6. The smallest absolute Gasteiger partial charge is 0.384 e. The lowest BCUT2D eigenvalue weighted by Crippen LogP contribution is -2.34. The van der Waals surface area contributed by atoms with Crippen LogP contribution in [0.15, 0.2) is 12.1 Å². The number of halogens is 3. The van der Waals surface area contributed by atoms with E-state index in [1.54, 1.807) is 23.7 Å². The number of rotatable bonds is 5. The minimum absolute atomic E-state index is 0.0286. The van der Waals surface area contributed by atoms with Crippen molar-refractivity contribution < 1.29 is 13.2 Å². The van der Waals surface area contributed by atoms with Crippen LogP contribution in [-0.4, -0.2) is 35.9 Å². The first-order valence-corrected chi connectivity index (χ1v) is 7.22. The summed E-state index contributed by atoms with van der Waals surface area (Å²) in [5.41, 5.74) is 4.63. The van der Waals surface area contributed by atoms with E-state index in [2.05, 4.69) is 4.98 Å². The van der Waals surface area contributed by atoms with E-state index in [1.807, 2.05) is 13.2 Å². The van der Waals surface area contributed by atoms with Crippen LogP contribution in [0.1, 0.15) is 18.2 Å². The lowest BCUT2D eigenvalue weighted by Gasteiger charge is -2.27. The third kappa shape index (κ3) is 3.78. The van der Waals surface area contributed by atoms with Crippen molar-refractivity contribution in [1.29, 1.82) is 5.41 Å². The first-order chi connectivity index (χ1) is 9.18. The normalized spacial score (nSPS) is 13.1. The fourth-order valence-electron chi connectivity index (χ4n) is 1.65. The zero-order valence-corrected chi connectivity index (χ0v) is 12.3. The maximum Gasteiger partial charge on any atom is 0.433 e. The van der Waals surface area contributed by atoms with Gasteiger partial charge in [0.05, 0.1) is 5.56 Å². The Bertz CT molecular complexity index is 490. The summed E-state index contributed by atoms with van der Waals surface area (Å²) in [6.07, 6.45) is -2.61. The molecule has 8 heteroatoms. The number of hydrogen-bond donors (Lipinski definition) is 2. The number of anilines is 1. The van der Waals surface area contributed by atoms with Gasteiger partial charge in [0.2, 0.25) is 0 Å². The molecule has 0 aliphatic carbocycles. The number of nitrogen functional groups attached to an aromatic ring is 1. The Hall–Kier alpha value is -1.44. The van der Waals surface area contributed by atoms with E-state index in [1.165, 1.54) is 6.07 Å². The summed E-state index contributed by atoms with van der Waals surface area (Å²) in [5, 5.41) is 7.46. The topological polar surface area (TPSA) is 66.0 Å². The van der Waals surface area contributed by atoms with Crippen molar-refractivity contribution in [3.05, 3.63) is 23.4 Å². The van der Waals surface area contributed by atoms with Crippen LogP contribution in [0.5, 0.6) is 0 Å². The van der Waals surface area contributed by atoms with E-state index in [4.69, 9.17) is 11.1 Å². The van der Waals surface area contributed by atoms with Gasteiger partial charge >= 0.3 is 6.18 Å². The molecule has 1 unspecified atom stereocenters. The summed E-state index contributed by atoms with van der Waals surface area (Å²) in [4.78, 5) is 5.25. The second-order valence-electron chi connectivity index (χ2n) is 4.39. The molecule has 0 fully saturated rings. The van der Waals surface area contributed by atoms with Gasteiger partial charge in [0.25, 0.3) is 0 Å². The lowest BCUT2D eigenvalue weighted by atomic mass is 10.2. The Morgan fingerprint density at radius 2 is 2.10 bits per heavy atom. The van der Waals surface area contributed by atoms with Crippen LogP contribution in [0.2, 0.25) is 0 Å². The summed E-state index contributed by atoms with van der Waals surface area (Å²) < 4.78 is 38.2. The Balaban J connectivity index is 3.28. The van der Waals surface area contributed by atoms with Crippen LogP contribution in [-0.2, 0) is 6.18 Å². The molecule has 4 nitrogen and oxygen atoms in total. The molecule has 3 N–H and O–H groups in total. The summed E-state index contributed by atoms with van der Waals surface area (Å²) in [6, 6.07) is 2.00. The number of nitrogens with zero attached hydrogens (tertiary/aromatic N) is 2. The van der Waals surface area contributed by atoms with Crippen molar-refractivity contribution in [2.24, 2.45) is 5.73 Å². The highest BCUT2D eigenvalue weighted by atomic mass is 32.2. The van der Waals surface area contributed by atoms with Crippen LogP contribution < -0.4 is 10.6 Å². The van der Waals surface area contributed by atoms with Gasteiger partial charge in [0.15, 0.2) is 0 Å². The first-order valence-electron chi connectivity index (χ1n) is 5.83. The van der Waals surface area contributed by atoms with Gasteiger partial charge in [-0.05, 0) is 25.3 Å². The molecule has 1 aromatic heterocycles. The van der Waals surface area contributed by atoms with Crippen LogP contribution in [0.3, 0.4) is 0 Å². The number of nitrogens with one attached hydrogen (secondary N) is 1. The maximum atomic E-state index is 12.7. The quantitative estimate of drug-likeness (QED) is 0.648. The molecule has 0 aliphatic heterocycles. The molecule has 0 saturated heterocycles. The summed E-state index contributed by atoms with van der Waals surface area (Å²) in [7, 11) is 1.65. The Morgan fingerprint density at radius 3 is 2.55 bits per heavy atom. The zero-order valence-electron chi connectivity index (χ0n) is 11.5. The van der Waals surface area contributed by atoms with Gasteiger partial charge in [-0.15, -0.1) is 0 Å². The molecule has 1 rings (SSSR count). The molecular weight excluding hydrogens is 289 g/mol. The molecule has 112 valence electrons. The van der Waals surface area contributed by atoms with Crippen LogP contribution in [0, 0.1) is 5.41 Å². The van der Waals surface area contributed by atoms with Gasteiger partial charge in [-0.1, -0.05) is 0 Å². The predicted octanol–water partition coefficient (Wildman–Crippen LogP) is 2.57. The molecule has 1 aromatic rings. The second-order valence-corrected chi connectivity index (χ2v) is 5.31. The predicted molar refractivity (Wildman–Crippen MR) is 76.5 cm³/mol. The number of aromatic nitrogens is 1. The van der Waals surface area contributed by atoms with Crippen LogP contribution in [0.4, 0.5) is 19.0 Å². The lowest BCUT2D eigenvalue weighted by molar-refractivity contribution is -0.141. The minimum Gasteiger partial charge on any atom is -0.384 e. The SMILES string of the molecule is CSCC(C)N(C)c1nc(C(F)(F)F)ccc1C(=N)N. The molecule has 0 aliphatic rings. The summed E-state index contributed by atoms with van der Waals surface area (Å²) >= 11 is 1.58. The van der Waals surface area contributed by atoms with Gasteiger partial charge in [0, 0.05) is 18.8 Å². The van der Waals surface area contributed by atoms with Crippen molar-refractivity contribution >= 4 is 23.4 Å². The van der Waals surface area contributed by atoms with Gasteiger partial charge < -0.3 is 10.6 Å². The molecule has 20 heavy (non-hydrogen) atoms. The van der Waals surface area contributed by atoms with Gasteiger partial charge in [-0.25, -0.2) is 4.98 Å². The second kappa shape index (κ2) is 6.34. The molecule has 0 aromatic carbocycles. The molecule has 0 amide bonds. The van der Waals surface area contributed by atoms with Crippen molar-refractivity contribution in [3.63, 3.8) is 0 Å². The third-order valence-corrected chi connectivity index (χ3v) is 3.67. The van der Waals surface area contributed by atoms with Crippen molar-refractivity contribution in [1.82, 2.24) is 4.98 Å². The van der Waals surface area contributed by atoms with E-state index in [-0.39, 0.29) is 23.3 Å². The fraction of sp³-hybridized carbons (Fsp3) is 0.500. The fourth-order valence-corrected chi connectivity index (χ4v) is 2.35. The van der Waals surface area contributed by atoms with Gasteiger partial charge in [-0.2, -0.15) is 24.9 Å². The van der Waals surface area contributed by atoms with E-state index in [9.17, 15) is 13.2 Å². The number of hydrogen-bond acceptors (Lipinski definition) is 4. The molecule has 1 atom stereocenters. The minimum atomic E-state index is -4.52. The van der Waals surface area contributed by atoms with E-state index in [0.717, 1.165) is 11.8 Å². The molecule has 1 heterocycles. The number of amidine groups is 1. The van der Waals surface area contributed by atoms with E-state index in [0.29, 0.717) is 0 Å². The summed E-state index contributed by atoms with van der Waals surface area (Å²) in [5.74, 6) is 0.504. The molecule has 0 spiro atoms. The molecule has 0 radical (unpaired) electrons. The molecular formula is C12H17F3N4S. The van der Waals surface area contributed by atoms with Crippen LogP contribution in [0.25, 0.3) is 0 Å². The molecule has 0 bridgehead atoms. The van der Waals surface area contributed by atoms with E-state index >= 15 is 0 Å². The zero-order chi connectivity index (χ0) is 15.5. The van der Waals surface area contributed by atoms with Crippen LogP contribution >= 0.6 is 11.8 Å². The average Bonchev–Trinajstić information content (AvgIpc) is 2.36. The highest BCUT2D eigenvalue weighted by Gasteiger charge is 2.34. The number of thioether (sulfide) groups is 1. The number of pyridine rings is 1. The Labute approximate surface area is 120 Å². The standard InChI is InChI=1S/C12H17F3N4S/c1-7(6-20-3)19(2)11-8(10(16)17)4-5-9(18-11)12(13,14)15/h4-5,7H,6H2,1-3H3,(H3,16,17).